The van der Waals surface area contributed by atoms with Gasteiger partial charge in [-0.15, -0.1) is 0 Å². The van der Waals surface area contributed by atoms with Crippen LogP contribution in [-0.4, -0.2) is 28.3 Å². The lowest BCUT2D eigenvalue weighted by molar-refractivity contribution is -0.143. The van der Waals surface area contributed by atoms with Crippen LogP contribution in [-0.2, 0) is 9.59 Å². The van der Waals surface area contributed by atoms with Gasteiger partial charge in [-0.3, -0.25) is 9.59 Å². The van der Waals surface area contributed by atoms with E-state index in [1.807, 2.05) is 44.2 Å². The van der Waals surface area contributed by atoms with Gasteiger partial charge in [0.2, 0.25) is 11.8 Å². The third kappa shape index (κ3) is 3.19. The zero-order valence-corrected chi connectivity index (χ0v) is 14.8. The molecule has 2 atom stereocenters. The molecule has 2 fully saturated rings. The SMILES string of the molecule is C[C@@H](c1ccccc1)N1C(=O)CCC1(C)C(=O)NC1CCCCC1. The fourth-order valence-electron chi connectivity index (χ4n) is 4.20. The molecule has 24 heavy (non-hydrogen) atoms. The fraction of sp³-hybridized carbons (Fsp3) is 0.600. The Kier molecular flexibility index (Phi) is 4.93. The van der Waals surface area contributed by atoms with Crippen molar-refractivity contribution in [3.05, 3.63) is 35.9 Å². The van der Waals surface area contributed by atoms with Gasteiger partial charge in [0, 0.05) is 12.5 Å². The van der Waals surface area contributed by atoms with Crippen LogP contribution in [0.25, 0.3) is 0 Å². The highest BCUT2D eigenvalue weighted by Gasteiger charge is 2.49. The summed E-state index contributed by atoms with van der Waals surface area (Å²) in [6, 6.07) is 10.1. The molecule has 3 rings (SSSR count). The Labute approximate surface area is 144 Å². The van der Waals surface area contributed by atoms with Crippen LogP contribution >= 0.6 is 0 Å². The number of rotatable bonds is 4. The van der Waals surface area contributed by atoms with E-state index in [-0.39, 0.29) is 23.9 Å². The zero-order chi connectivity index (χ0) is 17.2. The van der Waals surface area contributed by atoms with Crippen molar-refractivity contribution in [1.82, 2.24) is 10.2 Å². The van der Waals surface area contributed by atoms with Crippen molar-refractivity contribution in [2.45, 2.75) is 76.4 Å². The minimum absolute atomic E-state index is 0.0167. The standard InChI is InChI=1S/C20H28N2O2/c1-15(16-9-5-3-6-10-16)22-18(23)13-14-20(22,2)19(24)21-17-11-7-4-8-12-17/h3,5-6,9-10,15,17H,4,7-8,11-14H2,1-2H3,(H,21,24)/t15-,20?/m0/s1. The van der Waals surface area contributed by atoms with E-state index in [0.717, 1.165) is 18.4 Å². The second kappa shape index (κ2) is 6.96. The molecule has 4 nitrogen and oxygen atoms in total. The van der Waals surface area contributed by atoms with Gasteiger partial charge in [0.1, 0.15) is 5.54 Å². The first kappa shape index (κ1) is 17.0. The molecule has 1 unspecified atom stereocenters. The molecule has 0 spiro atoms. The van der Waals surface area contributed by atoms with Crippen LogP contribution in [0.3, 0.4) is 0 Å². The molecular formula is C20H28N2O2. The predicted octanol–water partition coefficient (Wildman–Crippen LogP) is 3.58. The average molecular weight is 328 g/mol. The Morgan fingerprint density at radius 2 is 1.88 bits per heavy atom. The van der Waals surface area contributed by atoms with Crippen LogP contribution in [0, 0.1) is 0 Å². The topological polar surface area (TPSA) is 49.4 Å². The van der Waals surface area contributed by atoms with Gasteiger partial charge in [-0.1, -0.05) is 49.6 Å². The van der Waals surface area contributed by atoms with E-state index in [4.69, 9.17) is 0 Å². The summed E-state index contributed by atoms with van der Waals surface area (Å²) in [6.45, 7) is 3.94. The molecule has 1 aromatic rings. The molecule has 1 aromatic carbocycles. The Morgan fingerprint density at radius 1 is 1.21 bits per heavy atom. The van der Waals surface area contributed by atoms with Gasteiger partial charge in [0.05, 0.1) is 6.04 Å². The largest absolute Gasteiger partial charge is 0.351 e. The molecular weight excluding hydrogens is 300 g/mol. The van der Waals surface area contributed by atoms with Gasteiger partial charge in [-0.2, -0.15) is 0 Å². The molecule has 1 saturated heterocycles. The fourth-order valence-corrected chi connectivity index (χ4v) is 4.20. The maximum absolute atomic E-state index is 13.0. The molecule has 1 aliphatic carbocycles. The highest BCUT2D eigenvalue weighted by Crippen LogP contribution is 2.38. The van der Waals surface area contributed by atoms with E-state index in [2.05, 4.69) is 5.32 Å². The van der Waals surface area contributed by atoms with Crippen LogP contribution < -0.4 is 5.32 Å². The summed E-state index contributed by atoms with van der Waals surface area (Å²) in [7, 11) is 0. The number of likely N-dealkylation sites (tertiary alicyclic amines) is 1. The molecule has 1 aliphatic heterocycles. The number of nitrogens with one attached hydrogen (secondary N) is 1. The van der Waals surface area contributed by atoms with Crippen molar-refractivity contribution >= 4 is 11.8 Å². The number of amides is 2. The molecule has 1 N–H and O–H groups in total. The minimum atomic E-state index is -0.746. The Bertz CT molecular complexity index is 595. The lowest BCUT2D eigenvalue weighted by Gasteiger charge is -2.39. The summed E-state index contributed by atoms with van der Waals surface area (Å²) in [5, 5.41) is 3.23. The van der Waals surface area contributed by atoms with Crippen LogP contribution in [0.5, 0.6) is 0 Å². The van der Waals surface area contributed by atoms with Gasteiger partial charge < -0.3 is 10.2 Å². The number of carbonyl (C=O) groups excluding carboxylic acids is 2. The first-order valence-electron chi connectivity index (χ1n) is 9.20. The van der Waals surface area contributed by atoms with Crippen LogP contribution in [0.15, 0.2) is 30.3 Å². The van der Waals surface area contributed by atoms with Gasteiger partial charge in [0.25, 0.3) is 0 Å². The summed E-state index contributed by atoms with van der Waals surface area (Å²) in [5.74, 6) is 0.0932. The van der Waals surface area contributed by atoms with Gasteiger partial charge in [-0.25, -0.2) is 0 Å². The molecule has 2 aliphatic rings. The third-order valence-corrected chi connectivity index (χ3v) is 5.72. The molecule has 0 bridgehead atoms. The normalized spacial score (nSPS) is 26.4. The average Bonchev–Trinajstić information content (AvgIpc) is 2.92. The highest BCUT2D eigenvalue weighted by atomic mass is 16.2. The Hall–Kier alpha value is -1.84. The summed E-state index contributed by atoms with van der Waals surface area (Å²) in [6.07, 6.45) is 6.80. The molecule has 1 saturated carbocycles. The Morgan fingerprint density at radius 3 is 2.54 bits per heavy atom. The van der Waals surface area contributed by atoms with Crippen molar-refractivity contribution in [3.63, 3.8) is 0 Å². The van der Waals surface area contributed by atoms with Crippen molar-refractivity contribution in [2.24, 2.45) is 0 Å². The quantitative estimate of drug-likeness (QED) is 0.918. The molecule has 0 radical (unpaired) electrons. The number of hydrogen-bond acceptors (Lipinski definition) is 2. The van der Waals surface area contributed by atoms with Crippen LogP contribution in [0.1, 0.15) is 70.4 Å². The number of carbonyl (C=O) groups is 2. The van der Waals surface area contributed by atoms with Crippen LogP contribution in [0.4, 0.5) is 0 Å². The maximum atomic E-state index is 13.0. The molecule has 4 heteroatoms. The highest BCUT2D eigenvalue weighted by molar-refractivity contribution is 5.94. The first-order chi connectivity index (χ1) is 11.5. The lowest BCUT2D eigenvalue weighted by atomic mass is 9.91. The monoisotopic (exact) mass is 328 g/mol. The zero-order valence-electron chi connectivity index (χ0n) is 14.8. The summed E-state index contributed by atoms with van der Waals surface area (Å²) in [4.78, 5) is 27.4. The summed E-state index contributed by atoms with van der Waals surface area (Å²) >= 11 is 0. The molecule has 2 amide bonds. The summed E-state index contributed by atoms with van der Waals surface area (Å²) in [5.41, 5.74) is 0.327. The van der Waals surface area contributed by atoms with E-state index >= 15 is 0 Å². The van der Waals surface area contributed by atoms with Crippen molar-refractivity contribution in [1.29, 1.82) is 0 Å². The van der Waals surface area contributed by atoms with Gasteiger partial charge in [0.15, 0.2) is 0 Å². The minimum Gasteiger partial charge on any atom is -0.351 e. The number of nitrogens with zero attached hydrogens (tertiary/aromatic N) is 1. The van der Waals surface area contributed by atoms with E-state index in [0.29, 0.717) is 12.8 Å². The van der Waals surface area contributed by atoms with Crippen LogP contribution in [0.2, 0.25) is 0 Å². The van der Waals surface area contributed by atoms with Gasteiger partial charge in [-0.05, 0) is 38.7 Å². The summed E-state index contributed by atoms with van der Waals surface area (Å²) < 4.78 is 0. The van der Waals surface area contributed by atoms with Gasteiger partial charge >= 0.3 is 0 Å². The number of hydrogen-bond donors (Lipinski definition) is 1. The third-order valence-electron chi connectivity index (χ3n) is 5.72. The smallest absolute Gasteiger partial charge is 0.245 e. The van der Waals surface area contributed by atoms with E-state index in [9.17, 15) is 9.59 Å². The van der Waals surface area contributed by atoms with Crippen molar-refractivity contribution in [2.75, 3.05) is 0 Å². The maximum Gasteiger partial charge on any atom is 0.245 e. The Balaban J connectivity index is 1.78. The molecule has 0 aromatic heterocycles. The van der Waals surface area contributed by atoms with Crippen molar-refractivity contribution in [3.8, 4) is 0 Å². The first-order valence-corrected chi connectivity index (χ1v) is 9.20. The molecule has 1 heterocycles. The lowest BCUT2D eigenvalue weighted by Crippen LogP contribution is -2.57. The number of benzene rings is 1. The molecule has 130 valence electrons. The second-order valence-electron chi connectivity index (χ2n) is 7.43. The predicted molar refractivity (Wildman–Crippen MR) is 94.4 cm³/mol. The van der Waals surface area contributed by atoms with E-state index in [1.165, 1.54) is 19.3 Å². The second-order valence-corrected chi connectivity index (χ2v) is 7.43. The van der Waals surface area contributed by atoms with E-state index < -0.39 is 5.54 Å². The van der Waals surface area contributed by atoms with Crippen molar-refractivity contribution < 1.29 is 9.59 Å². The van der Waals surface area contributed by atoms with E-state index in [1.54, 1.807) is 4.90 Å².